The van der Waals surface area contributed by atoms with Gasteiger partial charge in [-0.25, -0.2) is 9.97 Å². The number of benzene rings is 6. The molecule has 2 aliphatic heterocycles. The summed E-state index contributed by atoms with van der Waals surface area (Å²) in [5.41, 5.74) is 14.8. The summed E-state index contributed by atoms with van der Waals surface area (Å²) in [5.74, 6) is 0.883. The van der Waals surface area contributed by atoms with Crippen LogP contribution in [0.15, 0.2) is 182 Å². The number of nitrogens with zero attached hydrogens (tertiary/aromatic N) is 6. The molecule has 0 saturated heterocycles. The predicted molar refractivity (Wildman–Crippen MR) is 302 cm³/mol. The minimum atomic E-state index is -0.308. The van der Waals surface area contributed by atoms with Crippen LogP contribution in [0.5, 0.6) is 0 Å². The van der Waals surface area contributed by atoms with E-state index in [2.05, 4.69) is 141 Å². The third-order valence-electron chi connectivity index (χ3n) is 13.6. The summed E-state index contributed by atoms with van der Waals surface area (Å²) in [4.78, 5) is 71.6. The van der Waals surface area contributed by atoms with E-state index in [9.17, 15) is 24.0 Å². The van der Waals surface area contributed by atoms with Crippen LogP contribution in [0.4, 0.5) is 0 Å². The largest absolute Gasteiger partial charge is 0.329 e. The van der Waals surface area contributed by atoms with Gasteiger partial charge in [-0.15, -0.1) is 0 Å². The number of carbonyl (C=O) groups excluding carboxylic acids is 5. The van der Waals surface area contributed by atoms with Crippen molar-refractivity contribution in [3.8, 4) is 22.5 Å². The minimum absolute atomic E-state index is 0.0362. The lowest BCUT2D eigenvalue weighted by atomic mass is 9.86. The SMILES string of the molecule is CC(C)(C)[C@@H](N)c1nc(-c2ccccc2)cn1Cc1ccccc1.CC(C)(C)[C@@H](NCCCN1C(=O)c2ccccc2C1=O)c1nc(-c2ccccc2)cn1Cc1ccccc1.O=CCCN1C(=O)c2ccccc2C1=O. The molecular formula is C64H68N8O5. The van der Waals surface area contributed by atoms with E-state index < -0.39 is 0 Å². The quantitative estimate of drug-likeness (QED) is 0.0544. The number of nitrogens with two attached hydrogens (primary N) is 1. The molecule has 3 N–H and O–H groups in total. The Kier molecular flexibility index (Phi) is 17.5. The fourth-order valence-electron chi connectivity index (χ4n) is 9.37. The van der Waals surface area contributed by atoms with Crippen LogP contribution in [0.3, 0.4) is 0 Å². The summed E-state index contributed by atoms with van der Waals surface area (Å²) in [6, 6.07) is 54.9. The fourth-order valence-corrected chi connectivity index (χ4v) is 9.37. The number of fused-ring (bicyclic) bond motifs is 2. The third kappa shape index (κ3) is 13.2. The average molecular weight is 1030 g/mol. The molecule has 0 unspecified atom stereocenters. The summed E-state index contributed by atoms with van der Waals surface area (Å²) in [6.07, 6.45) is 5.79. The van der Waals surface area contributed by atoms with E-state index in [0.29, 0.717) is 48.1 Å². The van der Waals surface area contributed by atoms with Gasteiger partial charge in [-0.3, -0.25) is 29.0 Å². The first-order valence-electron chi connectivity index (χ1n) is 26.2. The Balaban J connectivity index is 0.000000170. The van der Waals surface area contributed by atoms with Gasteiger partial charge in [0.1, 0.15) is 17.9 Å². The number of hydrogen-bond donors (Lipinski definition) is 2. The lowest BCUT2D eigenvalue weighted by Crippen LogP contribution is -2.37. The summed E-state index contributed by atoms with van der Waals surface area (Å²) >= 11 is 0. The summed E-state index contributed by atoms with van der Waals surface area (Å²) in [5, 5.41) is 3.71. The second-order valence-electron chi connectivity index (χ2n) is 21.4. The molecule has 8 aromatic rings. The highest BCUT2D eigenvalue weighted by Crippen LogP contribution is 2.35. The lowest BCUT2D eigenvalue weighted by Gasteiger charge is -2.32. The molecule has 2 aromatic heterocycles. The van der Waals surface area contributed by atoms with Gasteiger partial charge in [-0.05, 0) is 59.2 Å². The molecule has 0 fully saturated rings. The zero-order valence-corrected chi connectivity index (χ0v) is 44.8. The highest BCUT2D eigenvalue weighted by molar-refractivity contribution is 6.22. The van der Waals surface area contributed by atoms with Gasteiger partial charge in [0, 0.05) is 56.1 Å². The van der Waals surface area contributed by atoms with Crippen molar-refractivity contribution in [2.75, 3.05) is 19.6 Å². The van der Waals surface area contributed by atoms with Gasteiger partial charge in [0.15, 0.2) is 0 Å². The van der Waals surface area contributed by atoms with Crippen LogP contribution in [0, 0.1) is 10.8 Å². The van der Waals surface area contributed by atoms with Crippen LogP contribution in [0.2, 0.25) is 0 Å². The maximum atomic E-state index is 12.7. The number of rotatable bonds is 16. The molecule has 4 amide bonds. The molecule has 6 aromatic carbocycles. The number of carbonyl (C=O) groups is 5. The average Bonchev–Trinajstić information content (AvgIpc) is 4.17. The first kappa shape index (κ1) is 54.9. The van der Waals surface area contributed by atoms with Gasteiger partial charge in [0.2, 0.25) is 0 Å². The number of hydrogen-bond acceptors (Lipinski definition) is 9. The maximum Gasteiger partial charge on any atom is 0.261 e. The highest BCUT2D eigenvalue weighted by atomic mass is 16.2. The van der Waals surface area contributed by atoms with Crippen LogP contribution in [-0.4, -0.2) is 78.5 Å². The van der Waals surface area contributed by atoms with Gasteiger partial charge < -0.3 is 25.0 Å². The predicted octanol–water partition coefficient (Wildman–Crippen LogP) is 11.5. The molecule has 0 saturated carbocycles. The summed E-state index contributed by atoms with van der Waals surface area (Å²) < 4.78 is 4.43. The van der Waals surface area contributed by atoms with E-state index in [1.54, 1.807) is 48.5 Å². The number of aromatic nitrogens is 4. The summed E-state index contributed by atoms with van der Waals surface area (Å²) in [7, 11) is 0. The zero-order valence-electron chi connectivity index (χ0n) is 44.8. The molecule has 2 atom stereocenters. The Morgan fingerprint density at radius 3 is 1.25 bits per heavy atom. The minimum Gasteiger partial charge on any atom is -0.329 e. The molecule has 394 valence electrons. The monoisotopic (exact) mass is 1030 g/mol. The molecule has 0 aliphatic carbocycles. The van der Waals surface area contributed by atoms with Crippen LogP contribution in [0.25, 0.3) is 22.5 Å². The Bertz CT molecular complexity index is 3230. The number of aldehydes is 1. The molecule has 0 radical (unpaired) electrons. The lowest BCUT2D eigenvalue weighted by molar-refractivity contribution is -0.107. The van der Waals surface area contributed by atoms with Crippen LogP contribution >= 0.6 is 0 Å². The van der Waals surface area contributed by atoms with Crippen molar-refractivity contribution in [3.05, 3.63) is 227 Å². The Morgan fingerprint density at radius 2 is 0.857 bits per heavy atom. The number of imidazole rings is 2. The van der Waals surface area contributed by atoms with E-state index in [4.69, 9.17) is 15.7 Å². The number of nitrogens with one attached hydrogen (secondary N) is 1. The van der Waals surface area contributed by atoms with E-state index >= 15 is 0 Å². The topological polar surface area (TPSA) is 166 Å². The van der Waals surface area contributed by atoms with Crippen LogP contribution in [0.1, 0.15) is 131 Å². The van der Waals surface area contributed by atoms with Crippen molar-refractivity contribution < 1.29 is 24.0 Å². The normalized spacial score (nSPS) is 13.8. The van der Waals surface area contributed by atoms with Crippen LogP contribution in [-0.2, 0) is 17.9 Å². The van der Waals surface area contributed by atoms with E-state index in [1.165, 1.54) is 16.0 Å². The number of amides is 4. The van der Waals surface area contributed by atoms with Gasteiger partial charge in [-0.1, -0.05) is 187 Å². The number of imide groups is 2. The first-order valence-corrected chi connectivity index (χ1v) is 26.2. The van der Waals surface area contributed by atoms with Crippen LogP contribution < -0.4 is 11.1 Å². The van der Waals surface area contributed by atoms with Crippen molar-refractivity contribution in [2.45, 2.75) is 79.6 Å². The van der Waals surface area contributed by atoms with Crippen molar-refractivity contribution in [2.24, 2.45) is 16.6 Å². The van der Waals surface area contributed by atoms with Crippen molar-refractivity contribution in [1.29, 1.82) is 0 Å². The first-order chi connectivity index (χ1) is 37.0. The molecule has 10 rings (SSSR count). The molecule has 0 bridgehead atoms. The van der Waals surface area contributed by atoms with Crippen molar-refractivity contribution in [3.63, 3.8) is 0 Å². The molecular weight excluding hydrogens is 961 g/mol. The van der Waals surface area contributed by atoms with E-state index in [1.807, 2.05) is 48.5 Å². The smallest absolute Gasteiger partial charge is 0.261 e. The van der Waals surface area contributed by atoms with E-state index in [0.717, 1.165) is 52.2 Å². The Hall–Kier alpha value is -8.39. The molecule has 0 spiro atoms. The van der Waals surface area contributed by atoms with E-state index in [-0.39, 0.29) is 59.5 Å². The highest BCUT2D eigenvalue weighted by Gasteiger charge is 2.36. The maximum absolute atomic E-state index is 12.7. The third-order valence-corrected chi connectivity index (χ3v) is 13.6. The van der Waals surface area contributed by atoms with Crippen molar-refractivity contribution in [1.82, 2.24) is 34.2 Å². The molecule has 13 nitrogen and oxygen atoms in total. The fraction of sp³-hybridized carbons (Fsp3) is 0.266. The van der Waals surface area contributed by atoms with Crippen molar-refractivity contribution >= 4 is 29.9 Å². The Labute approximate surface area is 451 Å². The molecule has 4 heterocycles. The summed E-state index contributed by atoms with van der Waals surface area (Å²) in [6.45, 7) is 15.8. The molecule has 77 heavy (non-hydrogen) atoms. The molecule has 2 aliphatic rings. The standard InChI is InChI=1S/C32H34N4O2.C21H25N3.C11H9NO3/c1-32(2,3)28(33-19-12-20-36-30(37)25-17-10-11-18-26(25)31(36)38)29-34-27(24-15-8-5-9-16-24)22-35(29)21-23-13-6-4-7-14-23;1-21(2,3)19(22)20-23-18(17-12-8-5-9-13-17)15-24(20)14-16-10-6-4-7-11-16;13-7-3-6-12-10(14)8-4-1-2-5-9(8)11(12)15/h4-11,13-18,22,28,33H,12,19-21H2,1-3H3;4-13,15,19H,14,22H2,1-3H3;1-2,4-5,7H,3,6H2/t28-;19-;/m00./s1. The Morgan fingerprint density at radius 1 is 0.494 bits per heavy atom. The van der Waals surface area contributed by atoms with Gasteiger partial charge in [0.05, 0.1) is 45.7 Å². The van der Waals surface area contributed by atoms with Gasteiger partial charge in [-0.2, -0.15) is 0 Å². The second kappa shape index (κ2) is 24.5. The van der Waals surface area contributed by atoms with Gasteiger partial charge >= 0.3 is 0 Å². The molecule has 13 heteroatoms. The zero-order chi connectivity index (χ0) is 54.7. The second-order valence-corrected chi connectivity index (χ2v) is 21.4. The van der Waals surface area contributed by atoms with Gasteiger partial charge in [0.25, 0.3) is 23.6 Å².